The Labute approximate surface area is 109 Å². The Kier molecular flexibility index (Phi) is 3.69. The molecule has 0 aliphatic carbocycles. The maximum Gasteiger partial charge on any atom is 0.252 e. The van der Waals surface area contributed by atoms with Crippen LogP contribution in [0.2, 0.25) is 0 Å². The van der Waals surface area contributed by atoms with Gasteiger partial charge in [0, 0.05) is 18.2 Å². The van der Waals surface area contributed by atoms with Gasteiger partial charge in [0.05, 0.1) is 13.4 Å². The summed E-state index contributed by atoms with van der Waals surface area (Å²) in [4.78, 5) is 0. The first-order valence-electron chi connectivity index (χ1n) is 5.06. The average molecular weight is 288 g/mol. The lowest BCUT2D eigenvalue weighted by atomic mass is 10.3. The third-order valence-corrected chi connectivity index (χ3v) is 4.98. The van der Waals surface area contributed by atoms with Crippen LogP contribution in [0.15, 0.2) is 27.0 Å². The summed E-state index contributed by atoms with van der Waals surface area (Å²) < 4.78 is 40.3. The van der Waals surface area contributed by atoms with Gasteiger partial charge in [-0.05, 0) is 24.5 Å². The number of methoxy groups -OCH3 is 1. The van der Waals surface area contributed by atoms with Crippen molar-refractivity contribution in [3.05, 3.63) is 29.7 Å². The van der Waals surface area contributed by atoms with Crippen LogP contribution < -0.4 is 9.46 Å². The standard InChI is InChI=1S/C10H12N2O4S2/c1-7-8(3-4-16-7)6-11-18(13,14)10-5-9(15-2)12-17-10/h3-5,11H,6H2,1-2H3. The van der Waals surface area contributed by atoms with E-state index in [-0.39, 0.29) is 10.8 Å². The molecule has 2 heterocycles. The molecule has 18 heavy (non-hydrogen) atoms. The molecule has 0 aliphatic heterocycles. The second kappa shape index (κ2) is 5.09. The van der Waals surface area contributed by atoms with Crippen molar-refractivity contribution in [2.75, 3.05) is 7.11 Å². The van der Waals surface area contributed by atoms with Gasteiger partial charge in [0.2, 0.25) is 5.88 Å². The van der Waals surface area contributed by atoms with E-state index in [4.69, 9.17) is 9.15 Å². The summed E-state index contributed by atoms with van der Waals surface area (Å²) >= 11 is 0.874. The smallest absolute Gasteiger partial charge is 0.252 e. The van der Waals surface area contributed by atoms with E-state index < -0.39 is 10.0 Å². The maximum absolute atomic E-state index is 11.9. The van der Waals surface area contributed by atoms with Crippen LogP contribution in [0, 0.1) is 6.92 Å². The summed E-state index contributed by atoms with van der Waals surface area (Å²) in [6, 6.07) is 3.11. The molecular formula is C10H12N2O4S2. The van der Waals surface area contributed by atoms with Gasteiger partial charge < -0.3 is 9.15 Å². The third kappa shape index (κ3) is 2.71. The molecule has 0 aromatic carbocycles. The summed E-state index contributed by atoms with van der Waals surface area (Å²) in [6.45, 7) is 1.96. The Morgan fingerprint density at radius 3 is 2.89 bits per heavy atom. The highest BCUT2D eigenvalue weighted by molar-refractivity contribution is 7.91. The number of hydrogen-bond acceptors (Lipinski definition) is 6. The number of aryl methyl sites for hydroxylation is 1. The van der Waals surface area contributed by atoms with Gasteiger partial charge in [-0.3, -0.25) is 0 Å². The van der Waals surface area contributed by atoms with Crippen LogP contribution in [0.4, 0.5) is 0 Å². The highest BCUT2D eigenvalue weighted by atomic mass is 32.2. The molecule has 0 fully saturated rings. The first kappa shape index (κ1) is 13.1. The first-order chi connectivity index (χ1) is 8.53. The molecule has 2 aromatic rings. The van der Waals surface area contributed by atoms with E-state index in [9.17, 15) is 8.42 Å². The zero-order valence-electron chi connectivity index (χ0n) is 9.84. The minimum atomic E-state index is -3.56. The predicted molar refractivity (Wildman–Crippen MR) is 66.1 cm³/mol. The van der Waals surface area contributed by atoms with Crippen molar-refractivity contribution < 1.29 is 17.6 Å². The second-order valence-electron chi connectivity index (χ2n) is 3.51. The minimum Gasteiger partial charge on any atom is -0.480 e. The summed E-state index contributed by atoms with van der Waals surface area (Å²) in [5.74, 6) is 0.986. The van der Waals surface area contributed by atoms with E-state index >= 15 is 0 Å². The van der Waals surface area contributed by atoms with Gasteiger partial charge in [0.25, 0.3) is 10.0 Å². The monoisotopic (exact) mass is 288 g/mol. The molecule has 0 saturated heterocycles. The number of furan rings is 1. The third-order valence-electron chi connectivity index (χ3n) is 2.36. The number of nitrogens with zero attached hydrogens (tertiary/aromatic N) is 1. The van der Waals surface area contributed by atoms with E-state index in [0.29, 0.717) is 11.6 Å². The largest absolute Gasteiger partial charge is 0.480 e. The van der Waals surface area contributed by atoms with Gasteiger partial charge in [-0.2, -0.15) is 4.37 Å². The van der Waals surface area contributed by atoms with Gasteiger partial charge in [0.1, 0.15) is 5.76 Å². The van der Waals surface area contributed by atoms with E-state index in [0.717, 1.165) is 17.1 Å². The number of sulfonamides is 1. The molecule has 2 rings (SSSR count). The highest BCUT2D eigenvalue weighted by Gasteiger charge is 2.18. The molecule has 2 aromatic heterocycles. The highest BCUT2D eigenvalue weighted by Crippen LogP contribution is 2.21. The first-order valence-corrected chi connectivity index (χ1v) is 7.32. The van der Waals surface area contributed by atoms with E-state index in [1.54, 1.807) is 13.0 Å². The number of rotatable bonds is 5. The molecule has 6 nitrogen and oxygen atoms in total. The van der Waals surface area contributed by atoms with Crippen LogP contribution in [-0.4, -0.2) is 19.9 Å². The van der Waals surface area contributed by atoms with Gasteiger partial charge in [-0.1, -0.05) is 0 Å². The van der Waals surface area contributed by atoms with Gasteiger partial charge >= 0.3 is 0 Å². The van der Waals surface area contributed by atoms with Crippen molar-refractivity contribution in [2.24, 2.45) is 0 Å². The normalized spacial score (nSPS) is 11.7. The topological polar surface area (TPSA) is 81.4 Å². The van der Waals surface area contributed by atoms with E-state index in [2.05, 4.69) is 9.10 Å². The maximum atomic E-state index is 11.9. The Balaban J connectivity index is 2.10. The van der Waals surface area contributed by atoms with Gasteiger partial charge in [-0.25, -0.2) is 13.1 Å². The molecule has 0 atom stereocenters. The summed E-state index contributed by atoms with van der Waals surface area (Å²) in [5, 5.41) is 0. The van der Waals surface area contributed by atoms with E-state index in [1.807, 2.05) is 0 Å². The van der Waals surface area contributed by atoms with Crippen molar-refractivity contribution >= 4 is 21.6 Å². The molecule has 98 valence electrons. The lowest BCUT2D eigenvalue weighted by Gasteiger charge is -2.02. The molecule has 8 heteroatoms. The number of hydrogen-bond donors (Lipinski definition) is 1. The Morgan fingerprint density at radius 2 is 2.33 bits per heavy atom. The molecule has 0 aliphatic rings. The van der Waals surface area contributed by atoms with Crippen LogP contribution in [0.1, 0.15) is 11.3 Å². The predicted octanol–water partition coefficient (Wildman–Crippen LogP) is 1.53. The van der Waals surface area contributed by atoms with Crippen molar-refractivity contribution in [3.8, 4) is 5.88 Å². The molecule has 0 amide bonds. The molecule has 0 radical (unpaired) electrons. The molecule has 0 unspecified atom stereocenters. The van der Waals surface area contributed by atoms with Gasteiger partial charge in [0.15, 0.2) is 4.21 Å². The lowest BCUT2D eigenvalue weighted by molar-refractivity contribution is 0.402. The molecule has 0 spiro atoms. The van der Waals surface area contributed by atoms with Crippen LogP contribution in [-0.2, 0) is 16.6 Å². The number of ether oxygens (including phenoxy) is 1. The van der Waals surface area contributed by atoms with Crippen molar-refractivity contribution in [3.63, 3.8) is 0 Å². The molecule has 0 saturated carbocycles. The Hall–Kier alpha value is -1.38. The zero-order valence-corrected chi connectivity index (χ0v) is 11.5. The average Bonchev–Trinajstić information content (AvgIpc) is 2.95. The van der Waals surface area contributed by atoms with Crippen molar-refractivity contribution in [1.82, 2.24) is 9.10 Å². The molecular weight excluding hydrogens is 276 g/mol. The Bertz CT molecular complexity index is 630. The van der Waals surface area contributed by atoms with Crippen molar-refractivity contribution in [2.45, 2.75) is 17.7 Å². The lowest BCUT2D eigenvalue weighted by Crippen LogP contribution is -2.22. The molecule has 1 N–H and O–H groups in total. The summed E-state index contributed by atoms with van der Waals surface area (Å²) in [7, 11) is -2.12. The van der Waals surface area contributed by atoms with Crippen molar-refractivity contribution in [1.29, 1.82) is 0 Å². The SMILES string of the molecule is COc1cc(S(=O)(=O)NCc2ccoc2C)sn1. The zero-order chi connectivity index (χ0) is 13.2. The van der Waals surface area contributed by atoms with Crippen LogP contribution in [0.3, 0.4) is 0 Å². The van der Waals surface area contributed by atoms with Crippen LogP contribution in [0.25, 0.3) is 0 Å². The fourth-order valence-electron chi connectivity index (χ4n) is 1.30. The quantitative estimate of drug-likeness (QED) is 0.902. The van der Waals surface area contributed by atoms with Crippen LogP contribution in [0.5, 0.6) is 5.88 Å². The molecule has 0 bridgehead atoms. The minimum absolute atomic E-state index is 0.125. The summed E-state index contributed by atoms with van der Waals surface area (Å²) in [6.07, 6.45) is 1.52. The summed E-state index contributed by atoms with van der Waals surface area (Å²) in [5.41, 5.74) is 0.801. The van der Waals surface area contributed by atoms with Crippen LogP contribution >= 0.6 is 11.5 Å². The van der Waals surface area contributed by atoms with E-state index in [1.165, 1.54) is 19.4 Å². The fraction of sp³-hybridized carbons (Fsp3) is 0.300. The Morgan fingerprint density at radius 1 is 1.56 bits per heavy atom. The second-order valence-corrected chi connectivity index (χ2v) is 6.31. The number of aromatic nitrogens is 1. The van der Waals surface area contributed by atoms with Gasteiger partial charge in [-0.15, -0.1) is 0 Å². The number of nitrogens with one attached hydrogen (secondary N) is 1. The fourth-order valence-corrected chi connectivity index (χ4v) is 3.19.